The van der Waals surface area contributed by atoms with E-state index in [2.05, 4.69) is 24.3 Å². The molecule has 3 rings (SSSR count). The first-order valence-electron chi connectivity index (χ1n) is 7.61. The molecule has 0 aliphatic carbocycles. The van der Waals surface area contributed by atoms with Gasteiger partial charge in [-0.15, -0.1) is 0 Å². The second kappa shape index (κ2) is 7.16. The number of hydrogen-bond donors (Lipinski definition) is 0. The van der Waals surface area contributed by atoms with Gasteiger partial charge in [0.2, 0.25) is 0 Å². The van der Waals surface area contributed by atoms with Crippen molar-refractivity contribution in [3.8, 4) is 22.6 Å². The van der Waals surface area contributed by atoms with Gasteiger partial charge < -0.3 is 14.2 Å². The first-order chi connectivity index (χ1) is 11.3. The maximum atomic E-state index is 5.95. The predicted molar refractivity (Wildman–Crippen MR) is 93.3 cm³/mol. The van der Waals surface area contributed by atoms with E-state index in [0.29, 0.717) is 13.2 Å². The summed E-state index contributed by atoms with van der Waals surface area (Å²) < 4.78 is 16.4. The topological polar surface area (TPSA) is 27.7 Å². The summed E-state index contributed by atoms with van der Waals surface area (Å²) in [6.45, 7) is 1.08. The van der Waals surface area contributed by atoms with Crippen LogP contribution in [0.5, 0.6) is 11.5 Å². The third-order valence-electron chi connectivity index (χ3n) is 3.79. The Hall–Kier alpha value is -2.52. The summed E-state index contributed by atoms with van der Waals surface area (Å²) in [5.41, 5.74) is 2.16. The molecule has 3 aromatic carbocycles. The minimum Gasteiger partial charge on any atom is -0.497 e. The number of fused-ring (bicyclic) bond motifs is 1. The normalized spacial score (nSPS) is 10.7. The van der Waals surface area contributed by atoms with Crippen molar-refractivity contribution in [1.82, 2.24) is 0 Å². The van der Waals surface area contributed by atoms with Crippen molar-refractivity contribution in [2.75, 3.05) is 27.4 Å². The summed E-state index contributed by atoms with van der Waals surface area (Å²) in [5.74, 6) is 1.69. The molecule has 0 aliphatic heterocycles. The quantitative estimate of drug-likeness (QED) is 0.626. The third kappa shape index (κ3) is 3.30. The van der Waals surface area contributed by atoms with Gasteiger partial charge in [0.05, 0.1) is 13.7 Å². The molecule has 3 nitrogen and oxygen atoms in total. The van der Waals surface area contributed by atoms with Crippen molar-refractivity contribution in [3.05, 3.63) is 60.7 Å². The lowest BCUT2D eigenvalue weighted by molar-refractivity contribution is 0.146. The average Bonchev–Trinajstić information content (AvgIpc) is 2.61. The standard InChI is InChI=1S/C20H20O3/c1-21-12-13-23-19-11-10-15-6-3-4-9-18(15)20(19)16-7-5-8-17(14-16)22-2/h3-11,14H,12-13H2,1-2H3. The van der Waals surface area contributed by atoms with Gasteiger partial charge in [-0.2, -0.15) is 0 Å². The zero-order valence-corrected chi connectivity index (χ0v) is 13.4. The molecule has 0 aromatic heterocycles. The highest BCUT2D eigenvalue weighted by molar-refractivity contribution is 5.99. The molecule has 0 heterocycles. The molecule has 0 atom stereocenters. The lowest BCUT2D eigenvalue weighted by Gasteiger charge is -2.15. The van der Waals surface area contributed by atoms with Crippen LogP contribution in [0.2, 0.25) is 0 Å². The lowest BCUT2D eigenvalue weighted by atomic mass is 9.97. The Morgan fingerprint density at radius 3 is 2.52 bits per heavy atom. The van der Waals surface area contributed by atoms with Crippen LogP contribution in [0.1, 0.15) is 0 Å². The number of ether oxygens (including phenoxy) is 3. The van der Waals surface area contributed by atoms with Crippen molar-refractivity contribution < 1.29 is 14.2 Å². The summed E-state index contributed by atoms with van der Waals surface area (Å²) >= 11 is 0. The molecule has 0 radical (unpaired) electrons. The second-order valence-corrected chi connectivity index (χ2v) is 5.23. The lowest BCUT2D eigenvalue weighted by Crippen LogP contribution is -2.05. The summed E-state index contributed by atoms with van der Waals surface area (Å²) in [6, 6.07) is 20.5. The van der Waals surface area contributed by atoms with Crippen LogP contribution in [0.25, 0.3) is 21.9 Å². The van der Waals surface area contributed by atoms with Gasteiger partial charge >= 0.3 is 0 Å². The summed E-state index contributed by atoms with van der Waals surface area (Å²) in [7, 11) is 3.35. The third-order valence-corrected chi connectivity index (χ3v) is 3.79. The Kier molecular flexibility index (Phi) is 4.79. The van der Waals surface area contributed by atoms with E-state index in [4.69, 9.17) is 14.2 Å². The number of hydrogen-bond acceptors (Lipinski definition) is 3. The number of rotatable bonds is 6. The van der Waals surface area contributed by atoms with Crippen molar-refractivity contribution in [1.29, 1.82) is 0 Å². The largest absolute Gasteiger partial charge is 0.497 e. The van der Waals surface area contributed by atoms with Crippen molar-refractivity contribution >= 4 is 10.8 Å². The zero-order chi connectivity index (χ0) is 16.1. The van der Waals surface area contributed by atoms with Gasteiger partial charge in [0, 0.05) is 12.7 Å². The minimum absolute atomic E-state index is 0.520. The Bertz CT molecular complexity index is 796. The van der Waals surface area contributed by atoms with E-state index in [1.165, 1.54) is 5.39 Å². The summed E-state index contributed by atoms with van der Waals surface area (Å²) in [4.78, 5) is 0. The Morgan fingerprint density at radius 1 is 0.826 bits per heavy atom. The van der Waals surface area contributed by atoms with Gasteiger partial charge in [0.15, 0.2) is 0 Å². The van der Waals surface area contributed by atoms with Crippen LogP contribution in [0.4, 0.5) is 0 Å². The van der Waals surface area contributed by atoms with Gasteiger partial charge in [-0.3, -0.25) is 0 Å². The molecule has 0 saturated carbocycles. The van der Waals surface area contributed by atoms with Crippen LogP contribution in [-0.2, 0) is 4.74 Å². The SMILES string of the molecule is COCCOc1ccc2ccccc2c1-c1cccc(OC)c1. The Balaban J connectivity index is 2.15. The number of methoxy groups -OCH3 is 2. The van der Waals surface area contributed by atoms with E-state index in [-0.39, 0.29) is 0 Å². The molecule has 118 valence electrons. The maximum Gasteiger partial charge on any atom is 0.127 e. The smallest absolute Gasteiger partial charge is 0.127 e. The van der Waals surface area contributed by atoms with Crippen LogP contribution >= 0.6 is 0 Å². The maximum absolute atomic E-state index is 5.95. The highest BCUT2D eigenvalue weighted by atomic mass is 16.5. The van der Waals surface area contributed by atoms with Gasteiger partial charge in [-0.25, -0.2) is 0 Å². The molecular formula is C20H20O3. The fourth-order valence-corrected chi connectivity index (χ4v) is 2.68. The fourth-order valence-electron chi connectivity index (χ4n) is 2.68. The molecule has 0 N–H and O–H groups in total. The highest BCUT2D eigenvalue weighted by Gasteiger charge is 2.12. The average molecular weight is 308 g/mol. The predicted octanol–water partition coefficient (Wildman–Crippen LogP) is 4.54. The van der Waals surface area contributed by atoms with E-state index in [1.807, 2.05) is 36.4 Å². The molecule has 0 spiro atoms. The zero-order valence-electron chi connectivity index (χ0n) is 13.4. The van der Waals surface area contributed by atoms with Crippen LogP contribution < -0.4 is 9.47 Å². The monoisotopic (exact) mass is 308 g/mol. The molecule has 0 saturated heterocycles. The Morgan fingerprint density at radius 2 is 1.70 bits per heavy atom. The molecule has 0 amide bonds. The molecule has 0 aliphatic rings. The molecular weight excluding hydrogens is 288 g/mol. The minimum atomic E-state index is 0.520. The van der Waals surface area contributed by atoms with Crippen LogP contribution in [0, 0.1) is 0 Å². The van der Waals surface area contributed by atoms with Gasteiger partial charge in [0.1, 0.15) is 18.1 Å². The van der Waals surface area contributed by atoms with Crippen LogP contribution in [0.15, 0.2) is 60.7 Å². The van der Waals surface area contributed by atoms with Crippen molar-refractivity contribution in [2.45, 2.75) is 0 Å². The van der Waals surface area contributed by atoms with Crippen molar-refractivity contribution in [3.63, 3.8) is 0 Å². The van der Waals surface area contributed by atoms with E-state index in [9.17, 15) is 0 Å². The van der Waals surface area contributed by atoms with Gasteiger partial charge in [-0.1, -0.05) is 42.5 Å². The molecule has 0 fully saturated rings. The van der Waals surface area contributed by atoms with Crippen LogP contribution in [0.3, 0.4) is 0 Å². The van der Waals surface area contributed by atoms with E-state index < -0.39 is 0 Å². The first-order valence-corrected chi connectivity index (χ1v) is 7.61. The van der Waals surface area contributed by atoms with Crippen LogP contribution in [-0.4, -0.2) is 27.4 Å². The summed E-state index contributed by atoms with van der Waals surface area (Å²) in [5, 5.41) is 2.35. The molecule has 3 heteroatoms. The van der Waals surface area contributed by atoms with Gasteiger partial charge in [-0.05, 0) is 34.5 Å². The molecule has 3 aromatic rings. The van der Waals surface area contributed by atoms with E-state index in [1.54, 1.807) is 14.2 Å². The summed E-state index contributed by atoms with van der Waals surface area (Å²) in [6.07, 6.45) is 0. The molecule has 23 heavy (non-hydrogen) atoms. The molecule has 0 unspecified atom stereocenters. The number of benzene rings is 3. The van der Waals surface area contributed by atoms with Gasteiger partial charge in [0.25, 0.3) is 0 Å². The first kappa shape index (κ1) is 15.4. The fraction of sp³-hybridized carbons (Fsp3) is 0.200. The van der Waals surface area contributed by atoms with Crippen molar-refractivity contribution in [2.24, 2.45) is 0 Å². The van der Waals surface area contributed by atoms with E-state index in [0.717, 1.165) is 28.0 Å². The second-order valence-electron chi connectivity index (χ2n) is 5.23. The van der Waals surface area contributed by atoms with E-state index >= 15 is 0 Å². The highest BCUT2D eigenvalue weighted by Crippen LogP contribution is 2.38. The molecule has 0 bridgehead atoms. The Labute approximate surface area is 136 Å².